The van der Waals surface area contributed by atoms with Crippen LogP contribution in [0.5, 0.6) is 0 Å². The van der Waals surface area contributed by atoms with Crippen LogP contribution in [0, 0.1) is 0 Å². The molecule has 0 rings (SSSR count). The highest BCUT2D eigenvalue weighted by Gasteiger charge is 2.19. The molecular formula is C73H130O6. The van der Waals surface area contributed by atoms with Crippen molar-refractivity contribution >= 4 is 17.9 Å². The van der Waals surface area contributed by atoms with Gasteiger partial charge in [-0.15, -0.1) is 0 Å². The largest absolute Gasteiger partial charge is 0.462 e. The van der Waals surface area contributed by atoms with Crippen molar-refractivity contribution in [2.75, 3.05) is 13.2 Å². The lowest BCUT2D eigenvalue weighted by atomic mass is 10.0. The number of hydrogen-bond acceptors (Lipinski definition) is 6. The minimum absolute atomic E-state index is 0.0704. The van der Waals surface area contributed by atoms with Crippen LogP contribution in [0.1, 0.15) is 355 Å². The van der Waals surface area contributed by atoms with E-state index in [0.29, 0.717) is 19.3 Å². The first-order chi connectivity index (χ1) is 39.0. The Morgan fingerprint density at radius 1 is 0.266 bits per heavy atom. The fourth-order valence-electron chi connectivity index (χ4n) is 10.1. The van der Waals surface area contributed by atoms with Gasteiger partial charge in [0.1, 0.15) is 13.2 Å². The van der Waals surface area contributed by atoms with E-state index in [1.807, 2.05) is 0 Å². The quantitative estimate of drug-likeness (QED) is 0.0261. The van der Waals surface area contributed by atoms with Crippen LogP contribution in [0.15, 0.2) is 72.9 Å². The summed E-state index contributed by atoms with van der Waals surface area (Å²) in [7, 11) is 0. The van der Waals surface area contributed by atoms with Gasteiger partial charge in [0.05, 0.1) is 0 Å². The lowest BCUT2D eigenvalue weighted by Gasteiger charge is -2.18. The SMILES string of the molecule is CC/C=C\C/C=C\C/C=C\C/C=C\C/C=C\CCCCCCCCCCCCCCCCCCCC(=O)OCC(COC(=O)CCCCCCCCCCC)OC(=O)CCCCCCCCCCC/C=C\CCCCCCCC. The van der Waals surface area contributed by atoms with E-state index in [1.54, 1.807) is 0 Å². The summed E-state index contributed by atoms with van der Waals surface area (Å²) in [5, 5.41) is 0. The first-order valence-corrected chi connectivity index (χ1v) is 34.4. The molecular weight excluding hydrogens is 973 g/mol. The monoisotopic (exact) mass is 1100 g/mol. The minimum Gasteiger partial charge on any atom is -0.462 e. The van der Waals surface area contributed by atoms with E-state index >= 15 is 0 Å². The molecule has 0 aromatic rings. The summed E-state index contributed by atoms with van der Waals surface area (Å²) in [4.78, 5) is 38.2. The molecule has 0 bridgehead atoms. The second-order valence-electron chi connectivity index (χ2n) is 23.1. The molecule has 0 aliphatic carbocycles. The van der Waals surface area contributed by atoms with E-state index in [1.165, 1.54) is 225 Å². The third-order valence-corrected chi connectivity index (χ3v) is 15.2. The molecule has 0 saturated heterocycles. The van der Waals surface area contributed by atoms with Gasteiger partial charge < -0.3 is 14.2 Å². The van der Waals surface area contributed by atoms with Gasteiger partial charge in [-0.05, 0) is 89.9 Å². The van der Waals surface area contributed by atoms with Gasteiger partial charge in [0.25, 0.3) is 0 Å². The Bertz CT molecular complexity index is 1450. The molecule has 0 aliphatic heterocycles. The third-order valence-electron chi connectivity index (χ3n) is 15.2. The van der Waals surface area contributed by atoms with Crippen molar-refractivity contribution in [3.8, 4) is 0 Å². The summed E-state index contributed by atoms with van der Waals surface area (Å²) in [6.45, 7) is 6.55. The molecule has 0 fully saturated rings. The first-order valence-electron chi connectivity index (χ1n) is 34.4. The summed E-state index contributed by atoms with van der Waals surface area (Å²) in [6.07, 6.45) is 88.0. The van der Waals surface area contributed by atoms with Crippen molar-refractivity contribution in [2.24, 2.45) is 0 Å². The fraction of sp³-hybridized carbons (Fsp3) is 0.795. The number of allylic oxidation sites excluding steroid dienone is 12. The fourth-order valence-corrected chi connectivity index (χ4v) is 10.1. The van der Waals surface area contributed by atoms with E-state index < -0.39 is 6.10 Å². The van der Waals surface area contributed by atoms with Crippen LogP contribution in [0.25, 0.3) is 0 Å². The lowest BCUT2D eigenvalue weighted by Crippen LogP contribution is -2.30. The molecule has 1 unspecified atom stereocenters. The number of esters is 3. The van der Waals surface area contributed by atoms with E-state index in [0.717, 1.165) is 89.9 Å². The third kappa shape index (κ3) is 65.5. The van der Waals surface area contributed by atoms with Crippen LogP contribution < -0.4 is 0 Å². The maximum Gasteiger partial charge on any atom is 0.306 e. The average Bonchev–Trinajstić information content (AvgIpc) is 3.45. The predicted molar refractivity (Wildman–Crippen MR) is 344 cm³/mol. The van der Waals surface area contributed by atoms with Crippen molar-refractivity contribution in [2.45, 2.75) is 361 Å². The second kappa shape index (κ2) is 67.4. The summed E-state index contributed by atoms with van der Waals surface area (Å²) in [5.74, 6) is -0.855. The molecule has 1 atom stereocenters. The van der Waals surface area contributed by atoms with Crippen LogP contribution in [0.3, 0.4) is 0 Å². The summed E-state index contributed by atoms with van der Waals surface area (Å²) >= 11 is 0. The molecule has 0 spiro atoms. The Hall–Kier alpha value is -3.15. The predicted octanol–water partition coefficient (Wildman–Crippen LogP) is 23.7. The molecule has 458 valence electrons. The molecule has 0 aliphatic rings. The van der Waals surface area contributed by atoms with Gasteiger partial charge in [-0.2, -0.15) is 0 Å². The van der Waals surface area contributed by atoms with Gasteiger partial charge in [0.15, 0.2) is 6.10 Å². The molecule has 0 saturated carbocycles. The molecule has 6 nitrogen and oxygen atoms in total. The second-order valence-corrected chi connectivity index (χ2v) is 23.1. The maximum absolute atomic E-state index is 12.9. The van der Waals surface area contributed by atoms with Crippen LogP contribution in [-0.4, -0.2) is 37.2 Å². The summed E-state index contributed by atoms with van der Waals surface area (Å²) in [5.41, 5.74) is 0. The minimum atomic E-state index is -0.772. The zero-order valence-corrected chi connectivity index (χ0v) is 52.6. The van der Waals surface area contributed by atoms with Gasteiger partial charge >= 0.3 is 17.9 Å². The molecule has 0 aromatic heterocycles. The van der Waals surface area contributed by atoms with Crippen molar-refractivity contribution in [1.29, 1.82) is 0 Å². The summed E-state index contributed by atoms with van der Waals surface area (Å²) < 4.78 is 16.9. The zero-order valence-electron chi connectivity index (χ0n) is 52.6. The molecule has 0 aromatic carbocycles. The number of rotatable bonds is 63. The number of carbonyl (C=O) groups is 3. The van der Waals surface area contributed by atoms with Crippen molar-refractivity contribution in [3.05, 3.63) is 72.9 Å². The Kier molecular flexibility index (Phi) is 64.7. The van der Waals surface area contributed by atoms with E-state index in [2.05, 4.69) is 93.7 Å². The molecule has 0 radical (unpaired) electrons. The topological polar surface area (TPSA) is 78.9 Å². The van der Waals surface area contributed by atoms with E-state index in [4.69, 9.17) is 14.2 Å². The van der Waals surface area contributed by atoms with E-state index in [-0.39, 0.29) is 31.1 Å². The highest BCUT2D eigenvalue weighted by atomic mass is 16.6. The number of unbranched alkanes of at least 4 members (excludes halogenated alkanes) is 40. The zero-order chi connectivity index (χ0) is 57.1. The Balaban J connectivity index is 4.08. The lowest BCUT2D eigenvalue weighted by molar-refractivity contribution is -0.167. The van der Waals surface area contributed by atoms with Crippen molar-refractivity contribution < 1.29 is 28.6 Å². The van der Waals surface area contributed by atoms with Gasteiger partial charge in [0.2, 0.25) is 0 Å². The molecule has 0 N–H and O–H groups in total. The van der Waals surface area contributed by atoms with Gasteiger partial charge in [-0.3, -0.25) is 14.4 Å². The highest BCUT2D eigenvalue weighted by molar-refractivity contribution is 5.71. The number of carbonyl (C=O) groups excluding carboxylic acids is 3. The normalized spacial score (nSPS) is 12.5. The first kappa shape index (κ1) is 75.8. The Morgan fingerprint density at radius 3 is 0.785 bits per heavy atom. The Morgan fingerprint density at radius 2 is 0.494 bits per heavy atom. The summed E-state index contributed by atoms with van der Waals surface area (Å²) in [6, 6.07) is 0. The van der Waals surface area contributed by atoms with Crippen LogP contribution in [0.2, 0.25) is 0 Å². The average molecular weight is 1100 g/mol. The Labute approximate surface area is 491 Å². The van der Waals surface area contributed by atoms with Crippen molar-refractivity contribution in [3.63, 3.8) is 0 Å². The van der Waals surface area contributed by atoms with E-state index in [9.17, 15) is 14.4 Å². The molecule has 6 heteroatoms. The molecule has 0 heterocycles. The van der Waals surface area contributed by atoms with Crippen LogP contribution in [-0.2, 0) is 28.6 Å². The standard InChI is InChI=1S/C73H130O6/c1-4-7-10-13-16-19-21-23-25-27-29-30-31-32-33-34-35-36-37-38-39-40-41-42-44-45-47-49-51-54-57-60-63-66-72(75)78-69-70(68-77-71(74)65-62-59-56-53-18-15-12-9-6-3)79-73(76)67-64-61-58-55-52-50-48-46-43-28-26-24-22-20-17-14-11-8-5-2/h7,10,16,19,23-26,29-30,32-33,70H,4-6,8-9,11-15,17-18,20-22,27-28,31,34-69H2,1-3H3/b10-7-,19-16-,25-23-,26-24-,30-29-,33-32-. The van der Waals surface area contributed by atoms with Gasteiger partial charge in [0, 0.05) is 19.3 Å². The van der Waals surface area contributed by atoms with Gasteiger partial charge in [-0.25, -0.2) is 0 Å². The van der Waals surface area contributed by atoms with Crippen molar-refractivity contribution in [1.82, 2.24) is 0 Å². The highest BCUT2D eigenvalue weighted by Crippen LogP contribution is 2.18. The number of ether oxygens (including phenoxy) is 3. The maximum atomic E-state index is 12.9. The molecule has 0 amide bonds. The number of hydrogen-bond donors (Lipinski definition) is 0. The van der Waals surface area contributed by atoms with Crippen LogP contribution in [0.4, 0.5) is 0 Å². The smallest absolute Gasteiger partial charge is 0.306 e. The van der Waals surface area contributed by atoms with Gasteiger partial charge in [-0.1, -0.05) is 318 Å². The molecule has 79 heavy (non-hydrogen) atoms. The van der Waals surface area contributed by atoms with Crippen LogP contribution >= 0.6 is 0 Å².